The van der Waals surface area contributed by atoms with E-state index in [0.717, 1.165) is 42.4 Å². The van der Waals surface area contributed by atoms with E-state index in [1.165, 1.54) is 57.8 Å². The molecule has 4 aliphatic rings. The predicted octanol–water partition coefficient (Wildman–Crippen LogP) is 6.44. The highest BCUT2D eigenvalue weighted by Gasteiger charge is 2.62. The number of hydrogen-bond acceptors (Lipinski definition) is 2. The van der Waals surface area contributed by atoms with E-state index in [1.54, 1.807) is 0 Å². The van der Waals surface area contributed by atoms with Crippen molar-refractivity contribution < 1.29 is 10.2 Å². The number of hydrogen-bond donors (Lipinski definition) is 2. The molecule has 0 amide bonds. The fourth-order valence-corrected chi connectivity index (χ4v) is 9.35. The summed E-state index contributed by atoms with van der Waals surface area (Å²) in [5, 5.41) is 21.6. The molecule has 29 heavy (non-hydrogen) atoms. The van der Waals surface area contributed by atoms with E-state index in [1.807, 2.05) is 0 Å². The highest BCUT2D eigenvalue weighted by molar-refractivity contribution is 5.12. The molecule has 0 radical (unpaired) electrons. The van der Waals surface area contributed by atoms with Gasteiger partial charge in [-0.1, -0.05) is 53.9 Å². The van der Waals surface area contributed by atoms with Gasteiger partial charge in [0.15, 0.2) is 0 Å². The lowest BCUT2D eigenvalue weighted by molar-refractivity contribution is -0.196. The standard InChI is InChI=1S/C27H48O2/c1-17(2)7-6-8-18(3)21-12-13-22-20-11-9-19-10-14-24(28)25(29)27(19,5)23(20)15-16-26(21,22)4/h17-25,28-29H,6-16H2,1-5H3/t18-,19+,20?,21?,22?,23?,24?,25+,26?,27?/m1/s1. The molecule has 4 fully saturated rings. The number of rotatable bonds is 5. The maximum absolute atomic E-state index is 11.1. The molecule has 4 rings (SSSR count). The average Bonchev–Trinajstić information content (AvgIpc) is 3.02. The van der Waals surface area contributed by atoms with Crippen LogP contribution in [0.2, 0.25) is 0 Å². The minimum atomic E-state index is -0.509. The van der Waals surface area contributed by atoms with Gasteiger partial charge in [-0.15, -0.1) is 0 Å². The van der Waals surface area contributed by atoms with E-state index < -0.39 is 12.2 Å². The summed E-state index contributed by atoms with van der Waals surface area (Å²) in [6.07, 6.45) is 13.2. The monoisotopic (exact) mass is 404 g/mol. The van der Waals surface area contributed by atoms with Crippen molar-refractivity contribution >= 4 is 0 Å². The first-order valence-electron chi connectivity index (χ1n) is 13.1. The average molecular weight is 405 g/mol. The van der Waals surface area contributed by atoms with Crippen LogP contribution in [0.15, 0.2) is 0 Å². The molecule has 0 spiro atoms. The Morgan fingerprint density at radius 1 is 0.828 bits per heavy atom. The van der Waals surface area contributed by atoms with Crippen LogP contribution >= 0.6 is 0 Å². The van der Waals surface area contributed by atoms with Crippen molar-refractivity contribution in [3.63, 3.8) is 0 Å². The van der Waals surface area contributed by atoms with E-state index >= 15 is 0 Å². The molecule has 2 heteroatoms. The van der Waals surface area contributed by atoms with Crippen LogP contribution in [0.25, 0.3) is 0 Å². The molecule has 0 aromatic heterocycles. The Hall–Kier alpha value is -0.0800. The van der Waals surface area contributed by atoms with Crippen molar-refractivity contribution in [3.05, 3.63) is 0 Å². The summed E-state index contributed by atoms with van der Waals surface area (Å²) in [5.41, 5.74) is 0.461. The topological polar surface area (TPSA) is 40.5 Å². The fraction of sp³-hybridized carbons (Fsp3) is 1.00. The van der Waals surface area contributed by atoms with Crippen LogP contribution in [-0.2, 0) is 0 Å². The van der Waals surface area contributed by atoms with Crippen LogP contribution in [-0.4, -0.2) is 22.4 Å². The van der Waals surface area contributed by atoms with Crippen molar-refractivity contribution in [1.29, 1.82) is 0 Å². The third-order valence-corrected chi connectivity index (χ3v) is 11.0. The lowest BCUT2D eigenvalue weighted by atomic mass is 9.43. The van der Waals surface area contributed by atoms with Crippen LogP contribution in [0.5, 0.6) is 0 Å². The summed E-state index contributed by atoms with van der Waals surface area (Å²) in [7, 11) is 0. The van der Waals surface area contributed by atoms with Crippen molar-refractivity contribution in [2.45, 2.75) is 117 Å². The van der Waals surface area contributed by atoms with Gasteiger partial charge in [0.1, 0.15) is 0 Å². The fourth-order valence-electron chi connectivity index (χ4n) is 9.35. The van der Waals surface area contributed by atoms with E-state index in [0.29, 0.717) is 17.3 Å². The van der Waals surface area contributed by atoms with Crippen molar-refractivity contribution in [3.8, 4) is 0 Å². The zero-order valence-electron chi connectivity index (χ0n) is 19.9. The Kier molecular flexibility index (Phi) is 6.19. The second kappa shape index (κ2) is 8.12. The molecular weight excluding hydrogens is 356 g/mol. The van der Waals surface area contributed by atoms with Gasteiger partial charge in [-0.25, -0.2) is 0 Å². The zero-order chi connectivity index (χ0) is 21.0. The summed E-state index contributed by atoms with van der Waals surface area (Å²) >= 11 is 0. The minimum absolute atomic E-state index is 0.0527. The zero-order valence-corrected chi connectivity index (χ0v) is 19.9. The van der Waals surface area contributed by atoms with Gasteiger partial charge in [-0.3, -0.25) is 0 Å². The Morgan fingerprint density at radius 3 is 2.28 bits per heavy atom. The highest BCUT2D eigenvalue weighted by Crippen LogP contribution is 2.68. The molecule has 0 heterocycles. The largest absolute Gasteiger partial charge is 0.390 e. The van der Waals surface area contributed by atoms with Gasteiger partial charge in [0.25, 0.3) is 0 Å². The lowest BCUT2D eigenvalue weighted by Crippen LogP contribution is -2.60. The molecule has 4 aliphatic carbocycles. The van der Waals surface area contributed by atoms with Crippen LogP contribution < -0.4 is 0 Å². The quantitative estimate of drug-likeness (QED) is 0.553. The molecular formula is C27H48O2. The van der Waals surface area contributed by atoms with Crippen molar-refractivity contribution in [1.82, 2.24) is 0 Å². The molecule has 0 saturated heterocycles. The van der Waals surface area contributed by atoms with Crippen molar-refractivity contribution in [2.75, 3.05) is 0 Å². The molecule has 0 aliphatic heterocycles. The lowest BCUT2D eigenvalue weighted by Gasteiger charge is -2.62. The number of fused-ring (bicyclic) bond motifs is 5. The van der Waals surface area contributed by atoms with Gasteiger partial charge in [0, 0.05) is 5.41 Å². The van der Waals surface area contributed by atoms with E-state index in [4.69, 9.17) is 0 Å². The van der Waals surface area contributed by atoms with Crippen LogP contribution in [0.3, 0.4) is 0 Å². The molecule has 7 unspecified atom stereocenters. The van der Waals surface area contributed by atoms with E-state index in [-0.39, 0.29) is 5.41 Å². The molecule has 4 saturated carbocycles. The smallest absolute Gasteiger partial charge is 0.0857 e. The first-order chi connectivity index (χ1) is 13.7. The minimum Gasteiger partial charge on any atom is -0.390 e. The maximum Gasteiger partial charge on any atom is 0.0857 e. The molecule has 0 aromatic rings. The molecule has 10 atom stereocenters. The summed E-state index contributed by atoms with van der Waals surface area (Å²) < 4.78 is 0. The SMILES string of the molecule is CC(C)CCC[C@@H](C)C1CCC2C3CC[C@H]4CCC(O)[C@H](O)C4(C)C3CCC21C. The summed E-state index contributed by atoms with van der Waals surface area (Å²) in [6.45, 7) is 12.2. The van der Waals surface area contributed by atoms with Gasteiger partial charge in [0.2, 0.25) is 0 Å². The molecule has 0 bridgehead atoms. The normalized spacial score (nSPS) is 50.7. The third-order valence-electron chi connectivity index (χ3n) is 11.0. The molecule has 168 valence electrons. The first kappa shape index (κ1) is 22.1. The molecule has 2 nitrogen and oxygen atoms in total. The molecule has 0 aromatic carbocycles. The number of aliphatic hydroxyl groups is 2. The van der Waals surface area contributed by atoms with Gasteiger partial charge >= 0.3 is 0 Å². The predicted molar refractivity (Wildman–Crippen MR) is 120 cm³/mol. The van der Waals surface area contributed by atoms with Gasteiger partial charge < -0.3 is 10.2 Å². The Morgan fingerprint density at radius 2 is 1.55 bits per heavy atom. The first-order valence-corrected chi connectivity index (χ1v) is 13.1. The maximum atomic E-state index is 11.1. The van der Waals surface area contributed by atoms with Gasteiger partial charge in [0.05, 0.1) is 12.2 Å². The van der Waals surface area contributed by atoms with E-state index in [9.17, 15) is 10.2 Å². The second-order valence-corrected chi connectivity index (χ2v) is 12.6. The third kappa shape index (κ3) is 3.53. The Labute approximate surface area is 180 Å². The molecule has 2 N–H and O–H groups in total. The van der Waals surface area contributed by atoms with Crippen LogP contribution in [0, 0.1) is 52.3 Å². The second-order valence-electron chi connectivity index (χ2n) is 12.6. The van der Waals surface area contributed by atoms with Gasteiger partial charge in [-0.2, -0.15) is 0 Å². The van der Waals surface area contributed by atoms with Crippen LogP contribution in [0.1, 0.15) is 105 Å². The Bertz CT molecular complexity index is 569. The van der Waals surface area contributed by atoms with Crippen molar-refractivity contribution in [2.24, 2.45) is 52.3 Å². The summed E-state index contributed by atoms with van der Waals surface area (Å²) in [5.74, 6) is 5.46. The van der Waals surface area contributed by atoms with Gasteiger partial charge in [-0.05, 0) is 98.2 Å². The highest BCUT2D eigenvalue weighted by atomic mass is 16.3. The Balaban J connectivity index is 1.50. The van der Waals surface area contributed by atoms with E-state index in [2.05, 4.69) is 34.6 Å². The number of aliphatic hydroxyl groups excluding tert-OH is 2. The summed E-state index contributed by atoms with van der Waals surface area (Å²) in [6, 6.07) is 0. The van der Waals surface area contributed by atoms with Crippen LogP contribution in [0.4, 0.5) is 0 Å². The summed E-state index contributed by atoms with van der Waals surface area (Å²) in [4.78, 5) is 0.